The molecule has 0 spiro atoms. The molecule has 0 saturated heterocycles. The molecule has 0 N–H and O–H groups in total. The van der Waals surface area contributed by atoms with Gasteiger partial charge in [-0.2, -0.15) is 0 Å². The Bertz CT molecular complexity index is 570. The van der Waals surface area contributed by atoms with Gasteiger partial charge in [0.1, 0.15) is 16.3 Å². The maximum absolute atomic E-state index is 6.30. The van der Waals surface area contributed by atoms with Crippen LogP contribution in [0.15, 0.2) is 48.5 Å². The van der Waals surface area contributed by atoms with Gasteiger partial charge < -0.3 is 9.47 Å². The van der Waals surface area contributed by atoms with E-state index in [9.17, 15) is 0 Å². The van der Waals surface area contributed by atoms with E-state index >= 15 is 0 Å². The molecule has 4 heteroatoms. The maximum Gasteiger partial charge on any atom is 0.119 e. The highest BCUT2D eigenvalue weighted by Gasteiger charge is 2.21. The third-order valence-electron chi connectivity index (χ3n) is 4.26. The van der Waals surface area contributed by atoms with Crippen molar-refractivity contribution in [3.05, 3.63) is 59.7 Å². The molecule has 0 aliphatic heterocycles. The van der Waals surface area contributed by atoms with E-state index in [1.165, 1.54) is 0 Å². The Balaban J connectivity index is 2.08. The van der Waals surface area contributed by atoms with Gasteiger partial charge in [0.05, 0.1) is 13.2 Å². The van der Waals surface area contributed by atoms with Crippen molar-refractivity contribution < 1.29 is 9.47 Å². The Morgan fingerprint density at radius 2 is 1.08 bits per heavy atom. The van der Waals surface area contributed by atoms with Gasteiger partial charge in [0, 0.05) is 5.92 Å². The fourth-order valence-electron chi connectivity index (χ4n) is 2.69. The van der Waals surface area contributed by atoms with Crippen LogP contribution in [0.3, 0.4) is 0 Å². The van der Waals surface area contributed by atoms with Gasteiger partial charge in [0.2, 0.25) is 0 Å². The predicted molar refractivity (Wildman–Crippen MR) is 111 cm³/mol. The highest BCUT2D eigenvalue weighted by molar-refractivity contribution is 6.45. The minimum absolute atomic E-state index is 0.0901. The monoisotopic (exact) mass is 394 g/mol. The molecule has 0 aliphatic rings. The summed E-state index contributed by atoms with van der Waals surface area (Å²) in [7, 11) is 0. The Morgan fingerprint density at radius 3 is 1.38 bits per heavy atom. The molecular weight excluding hydrogens is 367 g/mol. The third kappa shape index (κ3) is 6.41. The molecule has 0 unspecified atom stereocenters. The largest absolute Gasteiger partial charge is 0.494 e. The first-order valence-electron chi connectivity index (χ1n) is 9.39. The van der Waals surface area contributed by atoms with Gasteiger partial charge in [-0.25, -0.2) is 0 Å². The van der Waals surface area contributed by atoms with E-state index < -0.39 is 4.84 Å². The lowest BCUT2D eigenvalue weighted by Gasteiger charge is -2.20. The Hall–Kier alpha value is -1.38. The van der Waals surface area contributed by atoms with Crippen LogP contribution in [0.2, 0.25) is 0 Å². The zero-order valence-corrected chi connectivity index (χ0v) is 17.1. The van der Waals surface area contributed by atoms with Crippen molar-refractivity contribution in [2.24, 2.45) is 0 Å². The van der Waals surface area contributed by atoms with Crippen LogP contribution in [0.25, 0.3) is 0 Å². The summed E-state index contributed by atoms with van der Waals surface area (Å²) in [6.07, 6.45) is 4.36. The first-order valence-corrected chi connectivity index (χ1v) is 10.3. The number of rotatable bonds is 11. The highest BCUT2D eigenvalue weighted by Crippen LogP contribution is 2.35. The van der Waals surface area contributed by atoms with Crippen LogP contribution in [0.4, 0.5) is 0 Å². The predicted octanol–water partition coefficient (Wildman–Crippen LogP) is 6.98. The second-order valence-electron chi connectivity index (χ2n) is 6.35. The molecule has 0 fully saturated rings. The van der Waals surface area contributed by atoms with Gasteiger partial charge >= 0.3 is 0 Å². The van der Waals surface area contributed by atoms with Gasteiger partial charge in [-0.05, 0) is 48.2 Å². The van der Waals surface area contributed by atoms with Gasteiger partial charge in [0.25, 0.3) is 0 Å². The van der Waals surface area contributed by atoms with Crippen molar-refractivity contribution >= 4 is 23.2 Å². The summed E-state index contributed by atoms with van der Waals surface area (Å²) in [6.45, 7) is 5.79. The summed E-state index contributed by atoms with van der Waals surface area (Å²) in [5.74, 6) is 1.66. The molecule has 2 aromatic carbocycles. The van der Waals surface area contributed by atoms with E-state index in [0.717, 1.165) is 61.5 Å². The minimum Gasteiger partial charge on any atom is -0.494 e. The molecule has 0 heterocycles. The smallest absolute Gasteiger partial charge is 0.119 e. The first-order chi connectivity index (χ1) is 12.7. The molecule has 26 heavy (non-hydrogen) atoms. The molecule has 2 nitrogen and oxygen atoms in total. The van der Waals surface area contributed by atoms with E-state index in [-0.39, 0.29) is 5.92 Å². The van der Waals surface area contributed by atoms with Gasteiger partial charge in [-0.15, -0.1) is 23.2 Å². The number of unbranched alkanes of at least 4 members (excludes halogenated alkanes) is 2. The third-order valence-corrected chi connectivity index (χ3v) is 4.77. The van der Waals surface area contributed by atoms with Crippen molar-refractivity contribution in [1.82, 2.24) is 0 Å². The average molecular weight is 395 g/mol. The van der Waals surface area contributed by atoms with Crippen LogP contribution in [-0.4, -0.2) is 18.1 Å². The van der Waals surface area contributed by atoms with Crippen molar-refractivity contribution in [1.29, 1.82) is 0 Å². The number of benzene rings is 2. The van der Waals surface area contributed by atoms with Crippen molar-refractivity contribution in [3.63, 3.8) is 0 Å². The molecule has 0 bridgehead atoms. The molecule has 0 radical (unpaired) electrons. The lowest BCUT2D eigenvalue weighted by Crippen LogP contribution is -2.09. The van der Waals surface area contributed by atoms with E-state index in [4.69, 9.17) is 32.7 Å². The van der Waals surface area contributed by atoms with Crippen LogP contribution >= 0.6 is 23.2 Å². The summed E-state index contributed by atoms with van der Waals surface area (Å²) in [5.41, 5.74) is 2.14. The van der Waals surface area contributed by atoms with Crippen LogP contribution in [0.1, 0.15) is 56.6 Å². The number of alkyl halides is 2. The average Bonchev–Trinajstić information content (AvgIpc) is 2.65. The quantitative estimate of drug-likeness (QED) is 0.302. The van der Waals surface area contributed by atoms with E-state index in [1.54, 1.807) is 0 Å². The Morgan fingerprint density at radius 1 is 0.692 bits per heavy atom. The summed E-state index contributed by atoms with van der Waals surface area (Å²) in [4.78, 5) is -0.534. The molecule has 0 atom stereocenters. The number of hydrogen-bond donors (Lipinski definition) is 0. The molecule has 0 amide bonds. The molecule has 0 aromatic heterocycles. The molecule has 2 aromatic rings. The molecule has 0 saturated carbocycles. The fourth-order valence-corrected chi connectivity index (χ4v) is 3.28. The topological polar surface area (TPSA) is 18.5 Å². The van der Waals surface area contributed by atoms with Crippen LogP contribution in [0, 0.1) is 0 Å². The van der Waals surface area contributed by atoms with Crippen LogP contribution < -0.4 is 9.47 Å². The molecular formula is C22H28Cl2O2. The second-order valence-corrected chi connectivity index (χ2v) is 7.52. The van der Waals surface area contributed by atoms with Crippen LogP contribution in [-0.2, 0) is 0 Å². The molecule has 142 valence electrons. The zero-order chi connectivity index (χ0) is 18.8. The van der Waals surface area contributed by atoms with Gasteiger partial charge in [-0.3, -0.25) is 0 Å². The van der Waals surface area contributed by atoms with Crippen molar-refractivity contribution in [2.45, 2.75) is 50.3 Å². The SMILES string of the molecule is CCCCOc1ccc(C(c2ccc(OCCCC)cc2)C(Cl)Cl)cc1. The number of ether oxygens (including phenoxy) is 2. The standard InChI is InChI=1S/C22H28Cl2O2/c1-3-5-15-25-19-11-7-17(8-12-19)21(22(23)24)18-9-13-20(14-10-18)26-16-6-4-2/h7-14,21-22H,3-6,15-16H2,1-2H3. The maximum atomic E-state index is 6.30. The number of hydrogen-bond acceptors (Lipinski definition) is 2. The van der Waals surface area contributed by atoms with Crippen LogP contribution in [0.5, 0.6) is 11.5 Å². The first kappa shape index (κ1) is 20.9. The van der Waals surface area contributed by atoms with E-state index in [2.05, 4.69) is 13.8 Å². The summed E-state index contributed by atoms with van der Waals surface area (Å²) in [5, 5.41) is 0. The Labute approximate surface area is 167 Å². The van der Waals surface area contributed by atoms with Crippen molar-refractivity contribution in [3.8, 4) is 11.5 Å². The molecule has 0 aliphatic carbocycles. The van der Waals surface area contributed by atoms with Gasteiger partial charge in [-0.1, -0.05) is 51.0 Å². The number of halogens is 2. The molecule has 2 rings (SSSR count). The lowest BCUT2D eigenvalue weighted by molar-refractivity contribution is 0.309. The van der Waals surface area contributed by atoms with Crippen molar-refractivity contribution in [2.75, 3.05) is 13.2 Å². The summed E-state index contributed by atoms with van der Waals surface area (Å²) in [6, 6.07) is 16.1. The Kier molecular flexibility index (Phi) is 9.14. The second kappa shape index (κ2) is 11.4. The van der Waals surface area contributed by atoms with E-state index in [1.807, 2.05) is 48.5 Å². The summed E-state index contributed by atoms with van der Waals surface area (Å²) >= 11 is 12.6. The van der Waals surface area contributed by atoms with Gasteiger partial charge in [0.15, 0.2) is 0 Å². The zero-order valence-electron chi connectivity index (χ0n) is 15.6. The van der Waals surface area contributed by atoms with E-state index in [0.29, 0.717) is 0 Å². The lowest BCUT2D eigenvalue weighted by atomic mass is 9.92. The highest BCUT2D eigenvalue weighted by atomic mass is 35.5. The fraction of sp³-hybridized carbons (Fsp3) is 0.455. The minimum atomic E-state index is -0.534. The normalized spacial score (nSPS) is 11.2. The summed E-state index contributed by atoms with van der Waals surface area (Å²) < 4.78 is 11.5.